The summed E-state index contributed by atoms with van der Waals surface area (Å²) >= 11 is 0. The second kappa shape index (κ2) is 11.5. The van der Waals surface area contributed by atoms with Crippen LogP contribution < -0.4 is 19.7 Å². The van der Waals surface area contributed by atoms with Crippen molar-refractivity contribution >= 4 is 33.2 Å². The van der Waals surface area contributed by atoms with Gasteiger partial charge in [-0.3, -0.25) is 13.9 Å². The summed E-state index contributed by atoms with van der Waals surface area (Å²) < 4.78 is 31.0. The lowest BCUT2D eigenvalue weighted by atomic mass is 10.1. The fourth-order valence-corrected chi connectivity index (χ4v) is 3.99. The summed E-state index contributed by atoms with van der Waals surface area (Å²) in [5.41, 5.74) is 1.28. The molecule has 0 saturated heterocycles. The number of amides is 2. The van der Waals surface area contributed by atoms with E-state index in [9.17, 15) is 18.0 Å². The fourth-order valence-electron chi connectivity index (χ4n) is 3.03. The van der Waals surface area contributed by atoms with Gasteiger partial charge in [-0.2, -0.15) is 0 Å². The highest BCUT2D eigenvalue weighted by Crippen LogP contribution is 2.23. The Kier molecular flexibility index (Phi) is 9.07. The third kappa shape index (κ3) is 7.56. The molecule has 2 N–H and O–H groups in total. The first-order valence-electron chi connectivity index (χ1n) is 10.4. The van der Waals surface area contributed by atoms with E-state index >= 15 is 0 Å². The molecule has 2 rings (SSSR count). The van der Waals surface area contributed by atoms with Gasteiger partial charge in [0.1, 0.15) is 5.75 Å². The van der Waals surface area contributed by atoms with E-state index < -0.39 is 10.0 Å². The summed E-state index contributed by atoms with van der Waals surface area (Å²) in [6, 6.07) is 13.5. The molecule has 0 aliphatic rings. The standard InChI is InChI=1S/C23H31N3O5S/c1-17(2)16-24-23(28)20-11-5-6-12-21(20)25-22(27)13-8-14-26(32(4,29)30)18-9-7-10-19(15-18)31-3/h5-7,9-12,15,17H,8,13-14,16H2,1-4H3,(H,24,28)(H,25,27). The predicted octanol–water partition coefficient (Wildman–Crippen LogP) is 3.27. The van der Waals surface area contributed by atoms with Gasteiger partial charge < -0.3 is 15.4 Å². The first kappa shape index (κ1) is 25.2. The summed E-state index contributed by atoms with van der Waals surface area (Å²) in [5.74, 6) is 0.299. The van der Waals surface area contributed by atoms with Gasteiger partial charge in [-0.05, 0) is 36.6 Å². The van der Waals surface area contributed by atoms with E-state index in [2.05, 4.69) is 10.6 Å². The Bertz CT molecular complexity index is 1040. The Morgan fingerprint density at radius 2 is 1.81 bits per heavy atom. The molecule has 0 aromatic heterocycles. The van der Waals surface area contributed by atoms with Gasteiger partial charge in [-0.1, -0.05) is 32.0 Å². The van der Waals surface area contributed by atoms with Crippen molar-refractivity contribution in [2.75, 3.05) is 36.1 Å². The quantitative estimate of drug-likeness (QED) is 0.534. The molecule has 0 fully saturated rings. The van der Waals surface area contributed by atoms with Crippen LogP contribution in [0.25, 0.3) is 0 Å². The van der Waals surface area contributed by atoms with Crippen molar-refractivity contribution in [1.29, 1.82) is 0 Å². The van der Waals surface area contributed by atoms with Gasteiger partial charge >= 0.3 is 0 Å². The molecule has 32 heavy (non-hydrogen) atoms. The van der Waals surface area contributed by atoms with Gasteiger partial charge in [-0.25, -0.2) is 8.42 Å². The highest BCUT2D eigenvalue weighted by Gasteiger charge is 2.19. The number of nitrogens with zero attached hydrogens (tertiary/aromatic N) is 1. The van der Waals surface area contributed by atoms with Crippen molar-refractivity contribution in [2.24, 2.45) is 5.92 Å². The number of hydrogen-bond acceptors (Lipinski definition) is 5. The predicted molar refractivity (Wildman–Crippen MR) is 127 cm³/mol. The van der Waals surface area contributed by atoms with E-state index in [0.717, 1.165) is 6.26 Å². The normalized spacial score (nSPS) is 11.2. The van der Waals surface area contributed by atoms with Crippen LogP contribution in [0.3, 0.4) is 0 Å². The van der Waals surface area contributed by atoms with Crippen LogP contribution in [0.5, 0.6) is 5.75 Å². The zero-order chi connectivity index (χ0) is 23.7. The number of sulfonamides is 1. The second-order valence-corrected chi connectivity index (χ2v) is 9.74. The highest BCUT2D eigenvalue weighted by molar-refractivity contribution is 7.92. The van der Waals surface area contributed by atoms with Gasteiger partial charge in [-0.15, -0.1) is 0 Å². The maximum Gasteiger partial charge on any atom is 0.253 e. The third-order valence-corrected chi connectivity index (χ3v) is 5.82. The minimum Gasteiger partial charge on any atom is -0.497 e. The maximum atomic E-state index is 12.5. The van der Waals surface area contributed by atoms with E-state index in [4.69, 9.17) is 4.74 Å². The number of ether oxygens (including phenoxy) is 1. The Labute approximate surface area is 190 Å². The molecule has 0 bridgehead atoms. The number of para-hydroxylation sites is 1. The minimum absolute atomic E-state index is 0.0952. The molecule has 2 aromatic rings. The van der Waals surface area contributed by atoms with Crippen molar-refractivity contribution in [3.8, 4) is 5.75 Å². The summed E-state index contributed by atoms with van der Waals surface area (Å²) in [6.45, 7) is 4.67. The largest absolute Gasteiger partial charge is 0.497 e. The molecule has 2 amide bonds. The smallest absolute Gasteiger partial charge is 0.253 e. The Morgan fingerprint density at radius 1 is 1.09 bits per heavy atom. The molecule has 9 heteroatoms. The lowest BCUT2D eigenvalue weighted by molar-refractivity contribution is -0.116. The topological polar surface area (TPSA) is 105 Å². The van der Waals surface area contributed by atoms with Crippen LogP contribution in [0.2, 0.25) is 0 Å². The average molecular weight is 462 g/mol. The molecule has 174 valence electrons. The number of rotatable bonds is 11. The lowest BCUT2D eigenvalue weighted by Crippen LogP contribution is -2.31. The Balaban J connectivity index is 2.01. The van der Waals surface area contributed by atoms with Crippen LogP contribution in [0.1, 0.15) is 37.0 Å². The number of hydrogen-bond donors (Lipinski definition) is 2. The van der Waals surface area contributed by atoms with E-state index in [1.54, 1.807) is 48.5 Å². The molecule has 0 radical (unpaired) electrons. The highest BCUT2D eigenvalue weighted by atomic mass is 32.2. The molecule has 0 atom stereocenters. The molecule has 0 saturated carbocycles. The van der Waals surface area contributed by atoms with E-state index in [1.807, 2.05) is 13.8 Å². The van der Waals surface area contributed by atoms with Crippen LogP contribution in [-0.2, 0) is 14.8 Å². The first-order valence-corrected chi connectivity index (χ1v) is 12.3. The number of carbonyl (C=O) groups excluding carboxylic acids is 2. The van der Waals surface area contributed by atoms with Gasteiger partial charge in [0, 0.05) is 25.6 Å². The molecule has 0 unspecified atom stereocenters. The summed E-state index contributed by atoms with van der Waals surface area (Å²) in [4.78, 5) is 24.9. The minimum atomic E-state index is -3.54. The summed E-state index contributed by atoms with van der Waals surface area (Å²) in [5, 5.41) is 5.60. The fraction of sp³-hybridized carbons (Fsp3) is 0.391. The van der Waals surface area contributed by atoms with Crippen LogP contribution in [0, 0.1) is 5.92 Å². The van der Waals surface area contributed by atoms with Crippen molar-refractivity contribution in [1.82, 2.24) is 5.32 Å². The van der Waals surface area contributed by atoms with Crippen molar-refractivity contribution in [3.05, 3.63) is 54.1 Å². The van der Waals surface area contributed by atoms with Crippen LogP contribution in [0.15, 0.2) is 48.5 Å². The average Bonchev–Trinajstić information content (AvgIpc) is 2.74. The number of methoxy groups -OCH3 is 1. The SMILES string of the molecule is COc1cccc(N(CCCC(=O)Nc2ccccc2C(=O)NCC(C)C)S(C)(=O)=O)c1. The van der Waals surface area contributed by atoms with Gasteiger partial charge in [0.25, 0.3) is 5.91 Å². The molecule has 2 aromatic carbocycles. The molecular weight excluding hydrogens is 430 g/mol. The van der Waals surface area contributed by atoms with Crippen molar-refractivity contribution < 1.29 is 22.7 Å². The van der Waals surface area contributed by atoms with Gasteiger partial charge in [0.05, 0.1) is 30.3 Å². The van der Waals surface area contributed by atoms with E-state index in [-0.39, 0.29) is 24.8 Å². The van der Waals surface area contributed by atoms with Gasteiger partial charge in [0.2, 0.25) is 15.9 Å². The summed E-state index contributed by atoms with van der Waals surface area (Å²) in [7, 11) is -2.03. The molecule has 0 aliphatic heterocycles. The van der Waals surface area contributed by atoms with E-state index in [0.29, 0.717) is 41.6 Å². The Hall–Kier alpha value is -3.07. The zero-order valence-electron chi connectivity index (χ0n) is 18.9. The van der Waals surface area contributed by atoms with Gasteiger partial charge in [0.15, 0.2) is 0 Å². The second-order valence-electron chi connectivity index (χ2n) is 7.84. The van der Waals surface area contributed by atoms with Crippen LogP contribution in [-0.4, -0.2) is 46.7 Å². The number of anilines is 2. The monoisotopic (exact) mass is 461 g/mol. The van der Waals surface area contributed by atoms with Crippen LogP contribution in [0.4, 0.5) is 11.4 Å². The summed E-state index contributed by atoms with van der Waals surface area (Å²) in [6.07, 6.45) is 1.52. The third-order valence-electron chi connectivity index (χ3n) is 4.62. The Morgan fingerprint density at radius 3 is 2.47 bits per heavy atom. The number of nitrogens with one attached hydrogen (secondary N) is 2. The number of benzene rings is 2. The number of carbonyl (C=O) groups is 2. The first-order chi connectivity index (χ1) is 15.1. The van der Waals surface area contributed by atoms with Crippen molar-refractivity contribution in [3.63, 3.8) is 0 Å². The molecular formula is C23H31N3O5S. The van der Waals surface area contributed by atoms with E-state index in [1.165, 1.54) is 11.4 Å². The molecule has 0 heterocycles. The zero-order valence-corrected chi connectivity index (χ0v) is 19.7. The van der Waals surface area contributed by atoms with Crippen molar-refractivity contribution in [2.45, 2.75) is 26.7 Å². The maximum absolute atomic E-state index is 12.5. The van der Waals surface area contributed by atoms with Crippen LogP contribution >= 0.6 is 0 Å². The molecule has 8 nitrogen and oxygen atoms in total. The molecule has 0 spiro atoms. The lowest BCUT2D eigenvalue weighted by Gasteiger charge is -2.22. The molecule has 0 aliphatic carbocycles.